The minimum atomic E-state index is 0.150. The maximum absolute atomic E-state index is 6.21. The van der Waals surface area contributed by atoms with Gasteiger partial charge in [0.15, 0.2) is 0 Å². The van der Waals surface area contributed by atoms with Crippen LogP contribution in [0.15, 0.2) is 0 Å². The Bertz CT molecular complexity index is 148. The molecule has 0 unspecified atom stereocenters. The molecule has 1 fully saturated rings. The third-order valence-electron chi connectivity index (χ3n) is 3.48. The van der Waals surface area contributed by atoms with Gasteiger partial charge < -0.3 is 10.6 Å². The summed E-state index contributed by atoms with van der Waals surface area (Å²) in [5.74, 6) is 0. The van der Waals surface area contributed by atoms with Crippen molar-refractivity contribution < 1.29 is 0 Å². The highest BCUT2D eigenvalue weighted by Crippen LogP contribution is 2.30. The second-order valence-corrected chi connectivity index (χ2v) is 4.60. The maximum atomic E-state index is 6.21. The van der Waals surface area contributed by atoms with Gasteiger partial charge in [-0.1, -0.05) is 13.8 Å². The first-order valence-corrected chi connectivity index (χ1v) is 5.60. The maximum Gasteiger partial charge on any atom is 0.0283 e. The standard InChI is InChI=1S/C11H24N2/c1-4-10(5-2)13(3)9-11(12)7-6-8-11/h10H,4-9,12H2,1-3H3. The molecule has 78 valence electrons. The van der Waals surface area contributed by atoms with Crippen molar-refractivity contribution in [2.24, 2.45) is 5.73 Å². The average molecular weight is 184 g/mol. The van der Waals surface area contributed by atoms with Gasteiger partial charge in [-0.15, -0.1) is 0 Å². The Morgan fingerprint density at radius 2 is 1.85 bits per heavy atom. The van der Waals surface area contributed by atoms with E-state index in [2.05, 4.69) is 25.8 Å². The van der Waals surface area contributed by atoms with Crippen LogP contribution in [-0.2, 0) is 0 Å². The van der Waals surface area contributed by atoms with Crippen molar-refractivity contribution in [3.05, 3.63) is 0 Å². The van der Waals surface area contributed by atoms with E-state index in [-0.39, 0.29) is 5.54 Å². The number of nitrogens with two attached hydrogens (primary N) is 1. The topological polar surface area (TPSA) is 29.3 Å². The lowest BCUT2D eigenvalue weighted by atomic mass is 9.77. The minimum Gasteiger partial charge on any atom is -0.324 e. The zero-order chi connectivity index (χ0) is 9.90. The van der Waals surface area contributed by atoms with Crippen molar-refractivity contribution >= 4 is 0 Å². The summed E-state index contributed by atoms with van der Waals surface area (Å²) >= 11 is 0. The van der Waals surface area contributed by atoms with Gasteiger partial charge in [0.2, 0.25) is 0 Å². The van der Waals surface area contributed by atoms with Crippen LogP contribution in [0.4, 0.5) is 0 Å². The number of likely N-dealkylation sites (N-methyl/N-ethyl adjacent to an activating group) is 1. The van der Waals surface area contributed by atoms with E-state index >= 15 is 0 Å². The summed E-state index contributed by atoms with van der Waals surface area (Å²) in [6, 6.07) is 0.723. The molecule has 0 spiro atoms. The monoisotopic (exact) mass is 184 g/mol. The first-order valence-electron chi connectivity index (χ1n) is 5.60. The van der Waals surface area contributed by atoms with Crippen LogP contribution >= 0.6 is 0 Å². The Labute approximate surface area is 82.5 Å². The Hall–Kier alpha value is -0.0800. The van der Waals surface area contributed by atoms with E-state index in [0.717, 1.165) is 12.6 Å². The second-order valence-electron chi connectivity index (χ2n) is 4.60. The molecule has 0 saturated heterocycles. The molecule has 1 aliphatic carbocycles. The van der Waals surface area contributed by atoms with Crippen molar-refractivity contribution in [1.29, 1.82) is 0 Å². The fraction of sp³-hybridized carbons (Fsp3) is 1.00. The van der Waals surface area contributed by atoms with E-state index in [9.17, 15) is 0 Å². The Kier molecular flexibility index (Phi) is 3.74. The fourth-order valence-electron chi connectivity index (χ4n) is 2.33. The number of hydrogen-bond acceptors (Lipinski definition) is 2. The summed E-state index contributed by atoms with van der Waals surface area (Å²) in [6.07, 6.45) is 6.24. The Balaban J connectivity index is 2.34. The molecule has 0 amide bonds. The van der Waals surface area contributed by atoms with Crippen LogP contribution in [0.5, 0.6) is 0 Å². The summed E-state index contributed by atoms with van der Waals surface area (Å²) in [6.45, 7) is 5.60. The second kappa shape index (κ2) is 4.43. The molecule has 1 rings (SSSR count). The summed E-state index contributed by atoms with van der Waals surface area (Å²) in [5.41, 5.74) is 6.36. The molecule has 2 nitrogen and oxygen atoms in total. The van der Waals surface area contributed by atoms with Crippen molar-refractivity contribution in [3.8, 4) is 0 Å². The van der Waals surface area contributed by atoms with Gasteiger partial charge >= 0.3 is 0 Å². The summed E-state index contributed by atoms with van der Waals surface area (Å²) in [5, 5.41) is 0. The Morgan fingerprint density at radius 1 is 1.31 bits per heavy atom. The van der Waals surface area contributed by atoms with Crippen molar-refractivity contribution in [2.75, 3.05) is 13.6 Å². The van der Waals surface area contributed by atoms with E-state index in [1.54, 1.807) is 0 Å². The third kappa shape index (κ3) is 2.68. The van der Waals surface area contributed by atoms with Gasteiger partial charge in [-0.2, -0.15) is 0 Å². The van der Waals surface area contributed by atoms with E-state index in [1.807, 2.05) is 0 Å². The predicted octanol–water partition coefficient (Wildman–Crippen LogP) is 1.99. The molecular weight excluding hydrogens is 160 g/mol. The van der Waals surface area contributed by atoms with Crippen molar-refractivity contribution in [2.45, 2.75) is 57.5 Å². The highest BCUT2D eigenvalue weighted by atomic mass is 15.2. The quantitative estimate of drug-likeness (QED) is 0.708. The molecule has 0 aromatic carbocycles. The van der Waals surface area contributed by atoms with Gasteiger partial charge in [0.05, 0.1) is 0 Å². The largest absolute Gasteiger partial charge is 0.324 e. The molecule has 2 N–H and O–H groups in total. The summed E-state index contributed by atoms with van der Waals surface area (Å²) < 4.78 is 0. The number of nitrogens with zero attached hydrogens (tertiary/aromatic N) is 1. The minimum absolute atomic E-state index is 0.150. The highest BCUT2D eigenvalue weighted by molar-refractivity contribution is 4.95. The molecule has 13 heavy (non-hydrogen) atoms. The lowest BCUT2D eigenvalue weighted by Gasteiger charge is -2.43. The van der Waals surface area contributed by atoms with Crippen molar-refractivity contribution in [3.63, 3.8) is 0 Å². The van der Waals surface area contributed by atoms with Gasteiger partial charge in [0, 0.05) is 18.1 Å². The SMILES string of the molecule is CCC(CC)N(C)CC1(N)CCC1. The van der Waals surface area contributed by atoms with Crippen LogP contribution in [0.3, 0.4) is 0 Å². The van der Waals surface area contributed by atoms with Crippen LogP contribution in [0.1, 0.15) is 46.0 Å². The summed E-state index contributed by atoms with van der Waals surface area (Å²) in [4.78, 5) is 2.44. The molecule has 0 aromatic rings. The number of hydrogen-bond donors (Lipinski definition) is 1. The molecule has 0 aromatic heterocycles. The van der Waals surface area contributed by atoms with E-state index in [0.29, 0.717) is 0 Å². The predicted molar refractivity (Wildman–Crippen MR) is 57.8 cm³/mol. The lowest BCUT2D eigenvalue weighted by Crippen LogP contribution is -2.55. The molecule has 0 aliphatic heterocycles. The molecular formula is C11H24N2. The zero-order valence-corrected chi connectivity index (χ0v) is 9.34. The van der Waals surface area contributed by atoms with Crippen LogP contribution in [0.25, 0.3) is 0 Å². The van der Waals surface area contributed by atoms with Crippen LogP contribution in [0.2, 0.25) is 0 Å². The van der Waals surface area contributed by atoms with Gasteiger partial charge in [0.1, 0.15) is 0 Å². The normalized spacial score (nSPS) is 20.8. The first-order chi connectivity index (χ1) is 6.11. The molecule has 0 heterocycles. The molecule has 0 bridgehead atoms. The Morgan fingerprint density at radius 3 is 2.15 bits per heavy atom. The smallest absolute Gasteiger partial charge is 0.0283 e. The summed E-state index contributed by atoms with van der Waals surface area (Å²) in [7, 11) is 2.21. The van der Waals surface area contributed by atoms with Crippen LogP contribution < -0.4 is 5.73 Å². The van der Waals surface area contributed by atoms with Crippen LogP contribution in [-0.4, -0.2) is 30.1 Å². The first kappa shape index (κ1) is 11.0. The molecule has 0 atom stereocenters. The highest BCUT2D eigenvalue weighted by Gasteiger charge is 2.34. The van der Waals surface area contributed by atoms with Gasteiger partial charge in [-0.3, -0.25) is 0 Å². The van der Waals surface area contributed by atoms with E-state index in [4.69, 9.17) is 5.73 Å². The van der Waals surface area contributed by atoms with E-state index in [1.165, 1.54) is 32.1 Å². The molecule has 1 saturated carbocycles. The van der Waals surface area contributed by atoms with Crippen LogP contribution in [0, 0.1) is 0 Å². The van der Waals surface area contributed by atoms with Gasteiger partial charge in [0.25, 0.3) is 0 Å². The van der Waals surface area contributed by atoms with Gasteiger partial charge in [-0.05, 0) is 39.2 Å². The fourth-order valence-corrected chi connectivity index (χ4v) is 2.33. The molecule has 0 radical (unpaired) electrons. The molecule has 1 aliphatic rings. The van der Waals surface area contributed by atoms with E-state index < -0.39 is 0 Å². The zero-order valence-electron chi connectivity index (χ0n) is 9.34. The number of rotatable bonds is 5. The van der Waals surface area contributed by atoms with Crippen molar-refractivity contribution in [1.82, 2.24) is 4.90 Å². The lowest BCUT2D eigenvalue weighted by molar-refractivity contribution is 0.127. The molecule has 2 heteroatoms. The third-order valence-corrected chi connectivity index (χ3v) is 3.48. The van der Waals surface area contributed by atoms with Gasteiger partial charge in [-0.25, -0.2) is 0 Å². The average Bonchev–Trinajstić information content (AvgIpc) is 2.04.